The van der Waals surface area contributed by atoms with E-state index in [0.29, 0.717) is 22.3 Å². The van der Waals surface area contributed by atoms with Gasteiger partial charge in [0.25, 0.3) is 0 Å². The molecular weight excluding hydrogens is 486 g/mol. The lowest BCUT2D eigenvalue weighted by atomic mass is 10.0. The number of esters is 1. The summed E-state index contributed by atoms with van der Waals surface area (Å²) >= 11 is 7.26. The molecule has 0 heterocycles. The number of hydrogen-bond donors (Lipinski definition) is 3. The van der Waals surface area contributed by atoms with E-state index < -0.39 is 24.3 Å². The van der Waals surface area contributed by atoms with Crippen molar-refractivity contribution in [3.8, 4) is 5.75 Å². The molecule has 31 heavy (non-hydrogen) atoms. The molecule has 0 aliphatic carbocycles. The van der Waals surface area contributed by atoms with Gasteiger partial charge in [0.1, 0.15) is 11.9 Å². The van der Waals surface area contributed by atoms with Crippen LogP contribution in [0.5, 0.6) is 5.75 Å². The van der Waals surface area contributed by atoms with Crippen molar-refractivity contribution in [2.24, 2.45) is 0 Å². The van der Waals surface area contributed by atoms with Crippen LogP contribution in [0.4, 0.5) is 10.5 Å². The molecule has 2 atom stereocenters. The molecule has 9 heteroatoms. The molecule has 0 bridgehead atoms. The lowest BCUT2D eigenvalue weighted by Gasteiger charge is -2.28. The van der Waals surface area contributed by atoms with E-state index in [4.69, 9.17) is 14.2 Å². The van der Waals surface area contributed by atoms with Crippen molar-refractivity contribution in [1.29, 1.82) is 0 Å². The fourth-order valence-electron chi connectivity index (χ4n) is 2.86. The topological polar surface area (TPSA) is 94.1 Å². The number of hydrogen-bond acceptors (Lipinski definition) is 7. The van der Waals surface area contributed by atoms with Gasteiger partial charge >= 0.3 is 12.1 Å². The summed E-state index contributed by atoms with van der Waals surface area (Å²) in [6, 6.07) is 12.1. The zero-order valence-electron chi connectivity index (χ0n) is 17.3. The second kappa shape index (κ2) is 12.6. The Morgan fingerprint density at radius 2 is 1.90 bits per heavy atom. The normalized spacial score (nSPS) is 12.6. The van der Waals surface area contributed by atoms with Crippen LogP contribution in [0.15, 0.2) is 46.9 Å². The Morgan fingerprint density at radius 1 is 1.19 bits per heavy atom. The molecule has 168 valence electrons. The molecule has 0 saturated carbocycles. The van der Waals surface area contributed by atoms with E-state index >= 15 is 0 Å². The SMILES string of the molecule is CCO[C@@H](CCOC(=O)CS)[C@@H](OC(=O)Nc1ccc(C)cc1)c1cc(Br)ccc1O. The Morgan fingerprint density at radius 3 is 2.55 bits per heavy atom. The van der Waals surface area contributed by atoms with Crippen molar-refractivity contribution in [3.63, 3.8) is 0 Å². The molecule has 2 aromatic rings. The zero-order valence-corrected chi connectivity index (χ0v) is 19.8. The van der Waals surface area contributed by atoms with Crippen LogP contribution in [0.1, 0.15) is 30.6 Å². The number of halogens is 1. The number of aryl methyl sites for hydroxylation is 1. The number of aromatic hydroxyl groups is 1. The molecule has 0 aromatic heterocycles. The summed E-state index contributed by atoms with van der Waals surface area (Å²) in [7, 11) is 0. The summed E-state index contributed by atoms with van der Waals surface area (Å²) in [6.45, 7) is 4.13. The Bertz CT molecular complexity index is 877. The van der Waals surface area contributed by atoms with Gasteiger partial charge in [-0.05, 0) is 44.2 Å². The molecule has 0 unspecified atom stereocenters. The maximum Gasteiger partial charge on any atom is 0.412 e. The van der Waals surface area contributed by atoms with Crippen LogP contribution in [0, 0.1) is 6.92 Å². The van der Waals surface area contributed by atoms with Crippen LogP contribution in [0.3, 0.4) is 0 Å². The Kier molecular flexibility index (Phi) is 10.2. The summed E-state index contributed by atoms with van der Waals surface area (Å²) in [5.74, 6) is -0.545. The number of carbonyl (C=O) groups is 2. The number of benzene rings is 2. The fourth-order valence-corrected chi connectivity index (χ4v) is 3.33. The van der Waals surface area contributed by atoms with E-state index in [2.05, 4.69) is 33.9 Å². The Labute approximate surface area is 195 Å². The van der Waals surface area contributed by atoms with Gasteiger partial charge in [-0.25, -0.2) is 4.79 Å². The monoisotopic (exact) mass is 511 g/mol. The molecule has 0 aliphatic rings. The number of phenolic OH excluding ortho intramolecular Hbond substituents is 1. The quantitative estimate of drug-likeness (QED) is 0.306. The average molecular weight is 512 g/mol. The minimum absolute atomic E-state index is 0.0371. The maximum atomic E-state index is 12.6. The summed E-state index contributed by atoms with van der Waals surface area (Å²) in [5.41, 5.74) is 2.00. The molecule has 2 N–H and O–H groups in total. The van der Waals surface area contributed by atoms with Gasteiger partial charge in [-0.1, -0.05) is 33.6 Å². The lowest BCUT2D eigenvalue weighted by Crippen LogP contribution is -2.30. The van der Waals surface area contributed by atoms with Crippen LogP contribution in [-0.4, -0.2) is 42.2 Å². The molecule has 2 aromatic carbocycles. The van der Waals surface area contributed by atoms with E-state index in [9.17, 15) is 14.7 Å². The number of anilines is 1. The van der Waals surface area contributed by atoms with Crippen LogP contribution in [0.2, 0.25) is 0 Å². The van der Waals surface area contributed by atoms with Gasteiger partial charge in [-0.15, -0.1) is 0 Å². The third-order valence-electron chi connectivity index (χ3n) is 4.34. The number of rotatable bonds is 10. The van der Waals surface area contributed by atoms with Crippen LogP contribution >= 0.6 is 28.6 Å². The molecule has 0 aliphatic heterocycles. The predicted octanol–water partition coefficient (Wildman–Crippen LogP) is 5.02. The van der Waals surface area contributed by atoms with Gasteiger partial charge in [0.05, 0.1) is 12.4 Å². The van der Waals surface area contributed by atoms with Crippen molar-refractivity contribution < 1.29 is 28.9 Å². The van der Waals surface area contributed by atoms with E-state index in [-0.39, 0.29) is 24.5 Å². The maximum absolute atomic E-state index is 12.6. The summed E-state index contributed by atoms with van der Waals surface area (Å²) in [5, 5.41) is 13.1. The molecular formula is C22H26BrNO6S. The number of carbonyl (C=O) groups excluding carboxylic acids is 2. The summed E-state index contributed by atoms with van der Waals surface area (Å²) in [6.07, 6.45) is -2.06. The highest BCUT2D eigenvalue weighted by Crippen LogP contribution is 2.34. The molecule has 1 amide bonds. The number of ether oxygens (including phenoxy) is 3. The van der Waals surface area contributed by atoms with Crippen LogP contribution < -0.4 is 5.32 Å². The van der Waals surface area contributed by atoms with Crippen molar-refractivity contribution >= 4 is 46.3 Å². The molecule has 0 fully saturated rings. The van der Waals surface area contributed by atoms with Gasteiger partial charge in [-0.3, -0.25) is 10.1 Å². The smallest absolute Gasteiger partial charge is 0.412 e. The first-order valence-electron chi connectivity index (χ1n) is 9.74. The van der Waals surface area contributed by atoms with Gasteiger partial charge in [-0.2, -0.15) is 12.6 Å². The first kappa shape index (κ1) is 25.0. The second-order valence-electron chi connectivity index (χ2n) is 6.68. The Hall–Kier alpha value is -2.23. The first-order chi connectivity index (χ1) is 14.8. The highest BCUT2D eigenvalue weighted by molar-refractivity contribution is 9.10. The van der Waals surface area contributed by atoms with Gasteiger partial charge < -0.3 is 19.3 Å². The van der Waals surface area contributed by atoms with Gasteiger partial charge in [0.15, 0.2) is 6.10 Å². The summed E-state index contributed by atoms with van der Waals surface area (Å²) < 4.78 is 17.3. The molecule has 0 spiro atoms. The van der Waals surface area contributed by atoms with Crippen molar-refractivity contribution in [2.75, 3.05) is 24.3 Å². The third kappa shape index (κ3) is 8.08. The minimum Gasteiger partial charge on any atom is -0.508 e. The molecule has 7 nitrogen and oxygen atoms in total. The average Bonchev–Trinajstić information content (AvgIpc) is 2.75. The molecule has 0 radical (unpaired) electrons. The third-order valence-corrected chi connectivity index (χ3v) is 5.09. The molecule has 0 saturated heterocycles. The van der Waals surface area contributed by atoms with Gasteiger partial charge in [0.2, 0.25) is 0 Å². The number of nitrogens with one attached hydrogen (secondary N) is 1. The second-order valence-corrected chi connectivity index (χ2v) is 7.91. The lowest BCUT2D eigenvalue weighted by molar-refractivity contribution is -0.142. The fraction of sp³-hybridized carbons (Fsp3) is 0.364. The van der Waals surface area contributed by atoms with Crippen LogP contribution in [-0.2, 0) is 19.0 Å². The number of amides is 1. The minimum atomic E-state index is -0.947. The largest absolute Gasteiger partial charge is 0.508 e. The predicted molar refractivity (Wildman–Crippen MR) is 125 cm³/mol. The van der Waals surface area contributed by atoms with E-state index in [0.717, 1.165) is 5.56 Å². The first-order valence-corrected chi connectivity index (χ1v) is 11.2. The summed E-state index contributed by atoms with van der Waals surface area (Å²) in [4.78, 5) is 24.1. The van der Waals surface area contributed by atoms with Crippen molar-refractivity contribution in [2.45, 2.75) is 32.5 Å². The highest BCUT2D eigenvalue weighted by atomic mass is 79.9. The zero-order chi connectivity index (χ0) is 22.8. The standard InChI is InChI=1S/C22H26BrNO6S/c1-3-28-19(10-11-29-20(26)13-31)21(17-12-15(23)6-9-18(17)25)30-22(27)24-16-7-4-14(2)5-8-16/h4-9,12,19,21,25,31H,3,10-11,13H2,1-2H3,(H,24,27)/t19-,21-/m0/s1. The van der Waals surface area contributed by atoms with E-state index in [1.807, 2.05) is 19.1 Å². The van der Waals surface area contributed by atoms with E-state index in [1.54, 1.807) is 31.2 Å². The van der Waals surface area contributed by atoms with E-state index in [1.165, 1.54) is 6.07 Å². The van der Waals surface area contributed by atoms with Crippen LogP contribution in [0.25, 0.3) is 0 Å². The van der Waals surface area contributed by atoms with Gasteiger partial charge in [0, 0.05) is 28.8 Å². The highest BCUT2D eigenvalue weighted by Gasteiger charge is 2.30. The molecule has 2 rings (SSSR count). The number of phenols is 1. The number of thiol groups is 1. The van der Waals surface area contributed by atoms with Crippen molar-refractivity contribution in [3.05, 3.63) is 58.1 Å². The van der Waals surface area contributed by atoms with Crippen molar-refractivity contribution in [1.82, 2.24) is 0 Å². The Balaban J connectivity index is 2.24.